The van der Waals surface area contributed by atoms with Crippen LogP contribution in [0.1, 0.15) is 33.0 Å². The van der Waals surface area contributed by atoms with E-state index in [2.05, 4.69) is 5.32 Å². The third kappa shape index (κ3) is 6.00. The van der Waals surface area contributed by atoms with Crippen molar-refractivity contribution in [3.63, 3.8) is 0 Å². The van der Waals surface area contributed by atoms with Gasteiger partial charge < -0.3 is 10.1 Å². The maximum absolute atomic E-state index is 11.9. The van der Waals surface area contributed by atoms with Crippen molar-refractivity contribution < 1.29 is 24.0 Å². The molecule has 1 aromatic carbocycles. The summed E-state index contributed by atoms with van der Waals surface area (Å²) in [7, 11) is 0. The number of nitro benzene ring substituents is 1. The number of non-ortho nitro benzene ring substituents is 1. The standard InChI is InChI=1S/C18H18N2O6S/c1-11-9-13(20(24)25)4-5-14(11)19-17(22)10-26-18(23)8-6-15(21)16-7-3-12(2)27-16/h3-5,7,9H,6,8,10H2,1-2H3,(H,19,22). The summed E-state index contributed by atoms with van der Waals surface area (Å²) in [5.74, 6) is -1.36. The number of aryl methyl sites for hydroxylation is 2. The fourth-order valence-electron chi connectivity index (χ4n) is 2.23. The van der Waals surface area contributed by atoms with Crippen molar-refractivity contribution in [2.75, 3.05) is 11.9 Å². The number of ether oxygens (including phenoxy) is 1. The van der Waals surface area contributed by atoms with E-state index >= 15 is 0 Å². The topological polar surface area (TPSA) is 116 Å². The fraction of sp³-hybridized carbons (Fsp3) is 0.278. The number of hydrogen-bond donors (Lipinski definition) is 1. The van der Waals surface area contributed by atoms with Crippen LogP contribution in [-0.4, -0.2) is 29.2 Å². The Hall–Kier alpha value is -3.07. The van der Waals surface area contributed by atoms with Crippen molar-refractivity contribution in [1.29, 1.82) is 0 Å². The Bertz CT molecular complexity index is 890. The van der Waals surface area contributed by atoms with Gasteiger partial charge in [0.2, 0.25) is 0 Å². The van der Waals surface area contributed by atoms with Gasteiger partial charge in [0.1, 0.15) is 0 Å². The van der Waals surface area contributed by atoms with Crippen molar-refractivity contribution in [1.82, 2.24) is 0 Å². The summed E-state index contributed by atoms with van der Waals surface area (Å²) >= 11 is 1.36. The molecule has 0 fully saturated rings. The molecule has 2 aromatic rings. The third-order valence-electron chi connectivity index (χ3n) is 3.63. The molecular formula is C18H18N2O6S. The molecule has 0 saturated heterocycles. The summed E-state index contributed by atoms with van der Waals surface area (Å²) in [4.78, 5) is 47.3. The minimum Gasteiger partial charge on any atom is -0.456 e. The van der Waals surface area contributed by atoms with Crippen LogP contribution in [0.3, 0.4) is 0 Å². The van der Waals surface area contributed by atoms with Crippen LogP contribution in [0.5, 0.6) is 0 Å². The highest BCUT2D eigenvalue weighted by atomic mass is 32.1. The van der Waals surface area contributed by atoms with Crippen LogP contribution >= 0.6 is 11.3 Å². The van der Waals surface area contributed by atoms with E-state index in [1.807, 2.05) is 13.0 Å². The van der Waals surface area contributed by atoms with E-state index in [1.54, 1.807) is 13.0 Å². The third-order valence-corrected chi connectivity index (χ3v) is 4.67. The lowest BCUT2D eigenvalue weighted by Crippen LogP contribution is -2.21. The smallest absolute Gasteiger partial charge is 0.306 e. The first kappa shape index (κ1) is 20.2. The number of nitrogens with zero attached hydrogens (tertiary/aromatic N) is 1. The Balaban J connectivity index is 1.77. The normalized spacial score (nSPS) is 10.3. The molecule has 0 atom stereocenters. The Labute approximate surface area is 159 Å². The zero-order valence-corrected chi connectivity index (χ0v) is 15.6. The number of carbonyl (C=O) groups excluding carboxylic acids is 3. The Morgan fingerprint density at radius 1 is 1.15 bits per heavy atom. The van der Waals surface area contributed by atoms with Crippen molar-refractivity contribution in [3.05, 3.63) is 55.8 Å². The number of nitrogens with one attached hydrogen (secondary N) is 1. The molecule has 8 nitrogen and oxygen atoms in total. The largest absolute Gasteiger partial charge is 0.456 e. The number of nitro groups is 1. The van der Waals surface area contributed by atoms with Crippen molar-refractivity contribution >= 4 is 40.4 Å². The number of hydrogen-bond acceptors (Lipinski definition) is 7. The monoisotopic (exact) mass is 390 g/mol. The molecule has 0 unspecified atom stereocenters. The van der Waals surface area contributed by atoms with Crippen LogP contribution in [0.25, 0.3) is 0 Å². The van der Waals surface area contributed by atoms with Crippen molar-refractivity contribution in [3.8, 4) is 0 Å². The second kappa shape index (κ2) is 9.04. The molecule has 0 bridgehead atoms. The zero-order valence-electron chi connectivity index (χ0n) is 14.8. The van der Waals surface area contributed by atoms with Crippen molar-refractivity contribution in [2.45, 2.75) is 26.7 Å². The molecule has 142 valence electrons. The average molecular weight is 390 g/mol. The first-order chi connectivity index (χ1) is 12.8. The number of Topliss-reactive ketones (excluding diaryl/α,β-unsaturated/α-hetero) is 1. The molecule has 2 rings (SSSR count). The second-order valence-corrected chi connectivity index (χ2v) is 7.09. The zero-order chi connectivity index (χ0) is 20.0. The van der Waals surface area contributed by atoms with Crippen LogP contribution in [0.2, 0.25) is 0 Å². The molecule has 1 heterocycles. The summed E-state index contributed by atoms with van der Waals surface area (Å²) in [6, 6.07) is 7.56. The highest BCUT2D eigenvalue weighted by molar-refractivity contribution is 7.14. The quantitative estimate of drug-likeness (QED) is 0.320. The molecule has 0 aliphatic rings. The van der Waals surface area contributed by atoms with Crippen LogP contribution < -0.4 is 5.32 Å². The number of esters is 1. The van der Waals surface area contributed by atoms with E-state index in [9.17, 15) is 24.5 Å². The first-order valence-electron chi connectivity index (χ1n) is 8.06. The molecule has 0 spiro atoms. The molecule has 9 heteroatoms. The molecule has 27 heavy (non-hydrogen) atoms. The van der Waals surface area contributed by atoms with Gasteiger partial charge in [0.25, 0.3) is 11.6 Å². The lowest BCUT2D eigenvalue weighted by molar-refractivity contribution is -0.384. The molecule has 0 radical (unpaired) electrons. The Morgan fingerprint density at radius 2 is 1.89 bits per heavy atom. The number of benzene rings is 1. The average Bonchev–Trinajstić information content (AvgIpc) is 3.06. The van der Waals surface area contributed by atoms with Gasteiger partial charge in [-0.15, -0.1) is 11.3 Å². The minimum atomic E-state index is -0.646. The summed E-state index contributed by atoms with van der Waals surface area (Å²) in [6.45, 7) is 3.01. The van der Waals surface area contributed by atoms with E-state index < -0.39 is 23.4 Å². The number of ketones is 1. The van der Waals surface area contributed by atoms with E-state index in [0.29, 0.717) is 16.1 Å². The first-order valence-corrected chi connectivity index (χ1v) is 8.88. The van der Waals surface area contributed by atoms with Crippen LogP contribution in [0, 0.1) is 24.0 Å². The predicted molar refractivity (Wildman–Crippen MR) is 100 cm³/mol. The molecule has 0 aliphatic heterocycles. The molecule has 1 N–H and O–H groups in total. The highest BCUT2D eigenvalue weighted by Gasteiger charge is 2.14. The molecule has 1 amide bonds. The molecular weight excluding hydrogens is 372 g/mol. The summed E-state index contributed by atoms with van der Waals surface area (Å²) in [5.41, 5.74) is 0.827. The van der Waals surface area contributed by atoms with Crippen LogP contribution in [0.15, 0.2) is 30.3 Å². The SMILES string of the molecule is Cc1ccc(C(=O)CCC(=O)OCC(=O)Nc2ccc([N+](=O)[O-])cc2C)s1. The summed E-state index contributed by atoms with van der Waals surface area (Å²) in [5, 5.41) is 13.2. The lowest BCUT2D eigenvalue weighted by Gasteiger charge is -2.08. The maximum Gasteiger partial charge on any atom is 0.306 e. The second-order valence-electron chi connectivity index (χ2n) is 5.80. The highest BCUT2D eigenvalue weighted by Crippen LogP contribution is 2.21. The van der Waals surface area contributed by atoms with Gasteiger partial charge in [0, 0.05) is 29.1 Å². The van der Waals surface area contributed by atoms with Crippen molar-refractivity contribution in [2.24, 2.45) is 0 Å². The van der Waals surface area contributed by atoms with Gasteiger partial charge in [-0.25, -0.2) is 0 Å². The van der Waals surface area contributed by atoms with Gasteiger partial charge in [-0.1, -0.05) is 0 Å². The summed E-state index contributed by atoms with van der Waals surface area (Å²) in [6.07, 6.45) is -0.0957. The minimum absolute atomic E-state index is 0.0157. The van der Waals surface area contributed by atoms with E-state index in [-0.39, 0.29) is 24.3 Å². The molecule has 0 aliphatic carbocycles. The van der Waals surface area contributed by atoms with E-state index in [0.717, 1.165) is 4.88 Å². The fourth-order valence-corrected chi connectivity index (χ4v) is 3.06. The maximum atomic E-state index is 11.9. The summed E-state index contributed by atoms with van der Waals surface area (Å²) < 4.78 is 4.86. The van der Waals surface area contributed by atoms with E-state index in [1.165, 1.54) is 29.5 Å². The Kier molecular flexibility index (Phi) is 6.78. The number of rotatable bonds is 8. The van der Waals surface area contributed by atoms with Gasteiger partial charge in [-0.05, 0) is 37.6 Å². The van der Waals surface area contributed by atoms with Crippen LogP contribution in [-0.2, 0) is 14.3 Å². The Morgan fingerprint density at radius 3 is 2.48 bits per heavy atom. The number of carbonyl (C=O) groups is 3. The van der Waals surface area contributed by atoms with E-state index in [4.69, 9.17) is 4.74 Å². The molecule has 0 saturated carbocycles. The van der Waals surface area contributed by atoms with Gasteiger partial charge in [-0.2, -0.15) is 0 Å². The number of anilines is 1. The van der Waals surface area contributed by atoms with Gasteiger partial charge in [0.15, 0.2) is 12.4 Å². The van der Waals surface area contributed by atoms with Gasteiger partial charge in [0.05, 0.1) is 16.2 Å². The van der Waals surface area contributed by atoms with Crippen LogP contribution in [0.4, 0.5) is 11.4 Å². The van der Waals surface area contributed by atoms with Gasteiger partial charge in [-0.3, -0.25) is 24.5 Å². The lowest BCUT2D eigenvalue weighted by atomic mass is 10.2. The number of thiophene rings is 1. The molecule has 1 aromatic heterocycles. The number of amides is 1. The predicted octanol–water partition coefficient (Wildman–Crippen LogP) is 3.42. The van der Waals surface area contributed by atoms with Gasteiger partial charge >= 0.3 is 5.97 Å².